The zero-order valence-electron chi connectivity index (χ0n) is 16.3. The maximum atomic E-state index is 12.6. The minimum atomic E-state index is -0.0464. The van der Waals surface area contributed by atoms with E-state index in [0.29, 0.717) is 6.61 Å². The highest BCUT2D eigenvalue weighted by Gasteiger charge is 2.31. The number of rotatable bonds is 7. The van der Waals surface area contributed by atoms with Gasteiger partial charge in [-0.25, -0.2) is 0 Å². The molecule has 0 aliphatic carbocycles. The summed E-state index contributed by atoms with van der Waals surface area (Å²) in [7, 11) is 0. The second kappa shape index (κ2) is 9.53. The van der Waals surface area contributed by atoms with E-state index in [0.717, 1.165) is 44.2 Å². The van der Waals surface area contributed by atoms with Crippen LogP contribution in [0.3, 0.4) is 0 Å². The highest BCUT2D eigenvalue weighted by atomic mass is 16.5. The molecule has 3 N–H and O–H groups in total. The van der Waals surface area contributed by atoms with Gasteiger partial charge in [-0.15, -0.1) is 0 Å². The molecular formula is C22H31N3O2+2. The van der Waals surface area contributed by atoms with Crippen LogP contribution in [0.25, 0.3) is 0 Å². The van der Waals surface area contributed by atoms with E-state index in [1.165, 1.54) is 10.5 Å². The average Bonchev–Trinajstić information content (AvgIpc) is 2.70. The van der Waals surface area contributed by atoms with Gasteiger partial charge in [-0.3, -0.25) is 4.79 Å². The van der Waals surface area contributed by atoms with Crippen LogP contribution in [0, 0.1) is 0 Å². The Hall–Kier alpha value is -2.37. The van der Waals surface area contributed by atoms with Crippen LogP contribution in [0.5, 0.6) is 5.75 Å². The van der Waals surface area contributed by atoms with Crippen molar-refractivity contribution in [3.63, 3.8) is 0 Å². The highest BCUT2D eigenvalue weighted by Crippen LogP contribution is 2.15. The Bertz CT molecular complexity index is 710. The molecule has 1 saturated heterocycles. The molecule has 1 aliphatic heterocycles. The van der Waals surface area contributed by atoms with Gasteiger partial charge in [-0.05, 0) is 38.1 Å². The Morgan fingerprint density at radius 2 is 1.70 bits per heavy atom. The average molecular weight is 370 g/mol. The lowest BCUT2D eigenvalue weighted by molar-refractivity contribution is -1.02. The van der Waals surface area contributed by atoms with Crippen molar-refractivity contribution in [1.29, 1.82) is 0 Å². The van der Waals surface area contributed by atoms with Crippen molar-refractivity contribution in [3.8, 4) is 5.75 Å². The van der Waals surface area contributed by atoms with Gasteiger partial charge < -0.3 is 19.9 Å². The largest absolute Gasteiger partial charge is 0.494 e. The minimum Gasteiger partial charge on any atom is -0.494 e. The summed E-state index contributed by atoms with van der Waals surface area (Å²) < 4.78 is 5.44. The molecule has 144 valence electrons. The summed E-state index contributed by atoms with van der Waals surface area (Å²) in [6.07, 6.45) is 0. The van der Waals surface area contributed by atoms with Crippen LogP contribution in [0.15, 0.2) is 54.6 Å². The number of amides is 1. The molecule has 0 bridgehead atoms. The number of anilines is 1. The third-order valence-electron chi connectivity index (χ3n) is 5.33. The first kappa shape index (κ1) is 19.4. The monoisotopic (exact) mass is 369 g/mol. The summed E-state index contributed by atoms with van der Waals surface area (Å²) in [6.45, 7) is 9.96. The first-order chi connectivity index (χ1) is 13.2. The number of quaternary nitrogens is 2. The third kappa shape index (κ3) is 5.55. The van der Waals surface area contributed by atoms with E-state index in [1.54, 1.807) is 4.90 Å². The molecular weight excluding hydrogens is 338 g/mol. The molecule has 0 aromatic heterocycles. The molecule has 2 aromatic rings. The number of hydrogen-bond donors (Lipinski definition) is 3. The molecule has 0 spiro atoms. The normalized spacial score (nSPS) is 20.7. The third-order valence-corrected chi connectivity index (χ3v) is 5.33. The molecule has 2 aromatic carbocycles. The van der Waals surface area contributed by atoms with E-state index in [2.05, 4.69) is 35.6 Å². The van der Waals surface area contributed by atoms with E-state index in [9.17, 15) is 4.79 Å². The molecule has 0 unspecified atom stereocenters. The molecule has 1 amide bonds. The lowest BCUT2D eigenvalue weighted by Gasteiger charge is -2.32. The first-order valence-corrected chi connectivity index (χ1v) is 9.91. The van der Waals surface area contributed by atoms with E-state index in [1.807, 2.05) is 38.1 Å². The van der Waals surface area contributed by atoms with Gasteiger partial charge in [0.2, 0.25) is 0 Å². The maximum absolute atomic E-state index is 12.6. The zero-order chi connectivity index (χ0) is 19.1. The van der Waals surface area contributed by atoms with E-state index in [-0.39, 0.29) is 11.9 Å². The topological polar surface area (TPSA) is 47.2 Å². The van der Waals surface area contributed by atoms with Crippen LogP contribution in [-0.2, 0) is 11.3 Å². The van der Waals surface area contributed by atoms with E-state index >= 15 is 0 Å². The van der Waals surface area contributed by atoms with Crippen molar-refractivity contribution >= 4 is 11.6 Å². The molecule has 1 aliphatic rings. The molecule has 3 rings (SSSR count). The number of benzene rings is 2. The van der Waals surface area contributed by atoms with Gasteiger partial charge in [-0.1, -0.05) is 30.3 Å². The van der Waals surface area contributed by atoms with Gasteiger partial charge >= 0.3 is 0 Å². The van der Waals surface area contributed by atoms with Gasteiger partial charge in [0.15, 0.2) is 6.04 Å². The molecule has 5 heteroatoms. The van der Waals surface area contributed by atoms with Crippen LogP contribution < -0.4 is 19.9 Å². The highest BCUT2D eigenvalue weighted by molar-refractivity contribution is 5.93. The fraction of sp³-hybridized carbons (Fsp3) is 0.409. The van der Waals surface area contributed by atoms with Gasteiger partial charge in [0, 0.05) is 11.3 Å². The van der Waals surface area contributed by atoms with Crippen LogP contribution in [0.4, 0.5) is 5.69 Å². The second-order valence-corrected chi connectivity index (χ2v) is 7.24. The summed E-state index contributed by atoms with van der Waals surface area (Å²) in [5.74, 6) is 0.910. The lowest BCUT2D eigenvalue weighted by Crippen LogP contribution is -3.29. The first-order valence-electron chi connectivity index (χ1n) is 9.91. The zero-order valence-corrected chi connectivity index (χ0v) is 16.3. The van der Waals surface area contributed by atoms with Crippen LogP contribution in [0.1, 0.15) is 19.4 Å². The SMILES string of the molecule is CCOc1ccc(NC(=O)[C@H](C)[NH+]2CC[NH+](Cc3ccccc3)CC2)cc1. The Morgan fingerprint density at radius 3 is 2.33 bits per heavy atom. The van der Waals surface area contributed by atoms with Crippen molar-refractivity contribution in [2.24, 2.45) is 0 Å². The van der Waals surface area contributed by atoms with E-state index in [4.69, 9.17) is 4.74 Å². The molecule has 1 fully saturated rings. The summed E-state index contributed by atoms with van der Waals surface area (Å²) in [4.78, 5) is 15.6. The smallest absolute Gasteiger partial charge is 0.282 e. The molecule has 0 saturated carbocycles. The minimum absolute atomic E-state index is 0.0464. The van der Waals surface area contributed by atoms with Gasteiger partial charge in [0.05, 0.1) is 6.61 Å². The number of ether oxygens (including phenoxy) is 1. The Balaban J connectivity index is 1.46. The van der Waals surface area contributed by atoms with Crippen molar-refractivity contribution in [2.45, 2.75) is 26.4 Å². The summed E-state index contributed by atoms with van der Waals surface area (Å²) in [5.41, 5.74) is 2.21. The van der Waals surface area contributed by atoms with E-state index < -0.39 is 0 Å². The van der Waals surface area contributed by atoms with Crippen LogP contribution in [0.2, 0.25) is 0 Å². The van der Waals surface area contributed by atoms with Crippen LogP contribution >= 0.6 is 0 Å². The predicted octanol–water partition coefficient (Wildman–Crippen LogP) is 0.396. The number of piperazine rings is 1. The van der Waals surface area contributed by atoms with Gasteiger partial charge in [0.1, 0.15) is 38.5 Å². The number of nitrogens with one attached hydrogen (secondary N) is 3. The van der Waals surface area contributed by atoms with Crippen molar-refractivity contribution in [2.75, 3.05) is 38.1 Å². The maximum Gasteiger partial charge on any atom is 0.282 e. The van der Waals surface area contributed by atoms with Crippen LogP contribution in [-0.4, -0.2) is 44.7 Å². The quantitative estimate of drug-likeness (QED) is 0.662. The fourth-order valence-electron chi connectivity index (χ4n) is 3.66. The van der Waals surface area contributed by atoms with Crippen molar-refractivity contribution in [3.05, 3.63) is 60.2 Å². The number of carbonyl (C=O) groups is 1. The molecule has 1 atom stereocenters. The molecule has 27 heavy (non-hydrogen) atoms. The second-order valence-electron chi connectivity index (χ2n) is 7.24. The molecule has 0 radical (unpaired) electrons. The van der Waals surface area contributed by atoms with Gasteiger partial charge in [-0.2, -0.15) is 0 Å². The summed E-state index contributed by atoms with van der Waals surface area (Å²) >= 11 is 0. The Labute approximate surface area is 161 Å². The standard InChI is InChI=1S/C22H29N3O2/c1-3-27-21-11-9-20(10-12-21)23-22(26)18(2)25-15-13-24(14-16-25)17-19-7-5-4-6-8-19/h4-12,18H,3,13-17H2,1-2H3,(H,23,26)/p+2/t18-/m0/s1. The summed E-state index contributed by atoms with van der Waals surface area (Å²) in [5, 5.41) is 3.04. The molecule has 1 heterocycles. The Morgan fingerprint density at radius 1 is 1.04 bits per heavy atom. The Kier molecular flexibility index (Phi) is 6.85. The summed E-state index contributed by atoms with van der Waals surface area (Å²) in [6, 6.07) is 18.2. The number of hydrogen-bond acceptors (Lipinski definition) is 2. The van der Waals surface area contributed by atoms with Crippen molar-refractivity contribution in [1.82, 2.24) is 0 Å². The van der Waals surface area contributed by atoms with Crippen molar-refractivity contribution < 1.29 is 19.3 Å². The number of carbonyl (C=O) groups excluding carboxylic acids is 1. The van der Waals surface area contributed by atoms with Gasteiger partial charge in [0.25, 0.3) is 5.91 Å². The lowest BCUT2D eigenvalue weighted by atomic mass is 10.1. The molecule has 5 nitrogen and oxygen atoms in total. The predicted molar refractivity (Wildman–Crippen MR) is 107 cm³/mol. The fourth-order valence-corrected chi connectivity index (χ4v) is 3.66.